The molecule has 21 heavy (non-hydrogen) atoms. The smallest absolute Gasteiger partial charge is 0.415 e. The molecule has 0 aliphatic rings. The SMILES string of the molecule is CC(C)(C)OC(=O)N(CC(F)(F)F)c1ccc(CN)nc1. The molecule has 0 fully saturated rings. The molecule has 5 nitrogen and oxygen atoms in total. The first-order valence-electron chi connectivity index (χ1n) is 6.24. The van der Waals surface area contributed by atoms with Gasteiger partial charge in [-0.15, -0.1) is 0 Å². The number of ether oxygens (including phenoxy) is 1. The lowest BCUT2D eigenvalue weighted by Gasteiger charge is -2.28. The van der Waals surface area contributed by atoms with Crippen LogP contribution in [0.1, 0.15) is 26.5 Å². The molecule has 0 atom stereocenters. The van der Waals surface area contributed by atoms with E-state index in [1.54, 1.807) is 20.8 Å². The molecule has 1 heterocycles. The Labute approximate surface area is 120 Å². The zero-order valence-electron chi connectivity index (χ0n) is 12.1. The standard InChI is InChI=1S/C13H18F3N3O2/c1-12(2,3)21-11(20)19(8-13(14,15)16)10-5-4-9(6-17)18-7-10/h4-5,7H,6,8,17H2,1-3H3. The fourth-order valence-electron chi connectivity index (χ4n) is 1.45. The molecule has 0 bridgehead atoms. The molecular weight excluding hydrogens is 287 g/mol. The number of rotatable bonds is 3. The zero-order valence-corrected chi connectivity index (χ0v) is 12.1. The average molecular weight is 305 g/mol. The lowest BCUT2D eigenvalue weighted by atomic mass is 10.2. The van der Waals surface area contributed by atoms with Crippen molar-refractivity contribution in [2.24, 2.45) is 5.73 Å². The number of nitrogens with zero attached hydrogens (tertiary/aromatic N) is 2. The van der Waals surface area contributed by atoms with Crippen LogP contribution in [0.3, 0.4) is 0 Å². The van der Waals surface area contributed by atoms with Crippen LogP contribution < -0.4 is 10.6 Å². The van der Waals surface area contributed by atoms with Crippen LogP contribution in [0, 0.1) is 0 Å². The Balaban J connectivity index is 3.03. The Hall–Kier alpha value is -1.83. The summed E-state index contributed by atoms with van der Waals surface area (Å²) >= 11 is 0. The lowest BCUT2D eigenvalue weighted by molar-refractivity contribution is -0.119. The van der Waals surface area contributed by atoms with Crippen molar-refractivity contribution in [3.05, 3.63) is 24.0 Å². The number of anilines is 1. The van der Waals surface area contributed by atoms with Gasteiger partial charge in [-0.25, -0.2) is 4.79 Å². The molecule has 0 spiro atoms. The number of pyridine rings is 1. The first kappa shape index (κ1) is 17.2. The highest BCUT2D eigenvalue weighted by molar-refractivity contribution is 5.87. The summed E-state index contributed by atoms with van der Waals surface area (Å²) in [6, 6.07) is 2.81. The van der Waals surface area contributed by atoms with Crippen molar-refractivity contribution in [2.75, 3.05) is 11.4 Å². The van der Waals surface area contributed by atoms with Crippen LogP contribution in [-0.4, -0.2) is 29.4 Å². The topological polar surface area (TPSA) is 68.5 Å². The summed E-state index contributed by atoms with van der Waals surface area (Å²) in [5.41, 5.74) is 4.98. The van der Waals surface area contributed by atoms with Gasteiger partial charge in [0.1, 0.15) is 12.1 Å². The molecule has 0 aliphatic carbocycles. The van der Waals surface area contributed by atoms with Crippen molar-refractivity contribution >= 4 is 11.8 Å². The molecule has 0 saturated heterocycles. The molecule has 118 valence electrons. The monoisotopic (exact) mass is 305 g/mol. The third-order valence-corrected chi connectivity index (χ3v) is 2.28. The molecule has 0 unspecified atom stereocenters. The lowest BCUT2D eigenvalue weighted by Crippen LogP contribution is -2.42. The Kier molecular flexibility index (Phi) is 5.16. The van der Waals surface area contributed by atoms with E-state index >= 15 is 0 Å². The molecule has 0 aromatic carbocycles. The number of carbonyl (C=O) groups is 1. The summed E-state index contributed by atoms with van der Waals surface area (Å²) in [5, 5.41) is 0. The molecule has 2 N–H and O–H groups in total. The number of halogens is 3. The van der Waals surface area contributed by atoms with Crippen LogP contribution in [0.4, 0.5) is 23.7 Å². The Morgan fingerprint density at radius 1 is 1.33 bits per heavy atom. The molecule has 1 amide bonds. The molecule has 1 aromatic heterocycles. The van der Waals surface area contributed by atoms with E-state index in [9.17, 15) is 18.0 Å². The van der Waals surface area contributed by atoms with Crippen LogP contribution in [0.5, 0.6) is 0 Å². The van der Waals surface area contributed by atoms with Gasteiger partial charge in [-0.2, -0.15) is 13.2 Å². The molecule has 0 saturated carbocycles. The second-order valence-corrected chi connectivity index (χ2v) is 5.39. The summed E-state index contributed by atoms with van der Waals surface area (Å²) < 4.78 is 42.9. The Morgan fingerprint density at radius 3 is 2.33 bits per heavy atom. The summed E-state index contributed by atoms with van der Waals surface area (Å²) in [4.78, 5) is 16.3. The predicted octanol–water partition coefficient (Wildman–Crippen LogP) is 2.84. The average Bonchev–Trinajstić information content (AvgIpc) is 2.33. The van der Waals surface area contributed by atoms with E-state index in [2.05, 4.69) is 4.98 Å². The van der Waals surface area contributed by atoms with Crippen molar-refractivity contribution < 1.29 is 22.7 Å². The molecule has 0 radical (unpaired) electrons. The van der Waals surface area contributed by atoms with Gasteiger partial charge in [0.15, 0.2) is 0 Å². The van der Waals surface area contributed by atoms with Crippen molar-refractivity contribution in [1.29, 1.82) is 0 Å². The van der Waals surface area contributed by atoms with E-state index in [0.29, 0.717) is 10.6 Å². The van der Waals surface area contributed by atoms with Crippen LogP contribution in [0.25, 0.3) is 0 Å². The largest absolute Gasteiger partial charge is 0.443 e. The minimum absolute atomic E-state index is 0.00113. The van der Waals surface area contributed by atoms with E-state index < -0.39 is 24.4 Å². The van der Waals surface area contributed by atoms with Crippen molar-refractivity contribution in [3.8, 4) is 0 Å². The van der Waals surface area contributed by atoms with Gasteiger partial charge in [0, 0.05) is 6.54 Å². The minimum atomic E-state index is -4.55. The van der Waals surface area contributed by atoms with E-state index in [1.165, 1.54) is 12.1 Å². The maximum Gasteiger partial charge on any atom is 0.415 e. The minimum Gasteiger partial charge on any atom is -0.443 e. The predicted molar refractivity (Wildman–Crippen MR) is 71.8 cm³/mol. The van der Waals surface area contributed by atoms with Crippen LogP contribution in [-0.2, 0) is 11.3 Å². The fourth-order valence-corrected chi connectivity index (χ4v) is 1.45. The number of hydrogen-bond acceptors (Lipinski definition) is 4. The molecule has 0 aliphatic heterocycles. The normalized spacial score (nSPS) is 12.1. The van der Waals surface area contributed by atoms with Crippen LogP contribution in [0.15, 0.2) is 18.3 Å². The van der Waals surface area contributed by atoms with Gasteiger partial charge in [-0.3, -0.25) is 9.88 Å². The highest BCUT2D eigenvalue weighted by Crippen LogP contribution is 2.24. The number of amides is 1. The summed E-state index contributed by atoms with van der Waals surface area (Å²) in [6.45, 7) is 3.43. The van der Waals surface area contributed by atoms with E-state index in [-0.39, 0.29) is 12.2 Å². The Morgan fingerprint density at radius 2 is 1.95 bits per heavy atom. The van der Waals surface area contributed by atoms with Gasteiger partial charge >= 0.3 is 12.3 Å². The molecule has 8 heteroatoms. The maximum atomic E-state index is 12.6. The van der Waals surface area contributed by atoms with Gasteiger partial charge in [0.2, 0.25) is 0 Å². The van der Waals surface area contributed by atoms with E-state index in [0.717, 1.165) is 6.20 Å². The third kappa shape index (κ3) is 5.99. The van der Waals surface area contributed by atoms with Crippen LogP contribution in [0.2, 0.25) is 0 Å². The van der Waals surface area contributed by atoms with E-state index in [4.69, 9.17) is 10.5 Å². The first-order valence-corrected chi connectivity index (χ1v) is 6.24. The quantitative estimate of drug-likeness (QED) is 0.932. The maximum absolute atomic E-state index is 12.6. The number of aromatic nitrogens is 1. The number of nitrogens with two attached hydrogens (primary N) is 1. The van der Waals surface area contributed by atoms with Gasteiger partial charge in [-0.1, -0.05) is 0 Å². The highest BCUT2D eigenvalue weighted by Gasteiger charge is 2.36. The second kappa shape index (κ2) is 6.30. The fraction of sp³-hybridized carbons (Fsp3) is 0.538. The van der Waals surface area contributed by atoms with Crippen LogP contribution >= 0.6 is 0 Å². The van der Waals surface area contributed by atoms with E-state index in [1.807, 2.05) is 0 Å². The van der Waals surface area contributed by atoms with Gasteiger partial charge in [0.05, 0.1) is 17.6 Å². The molecular formula is C13H18F3N3O2. The van der Waals surface area contributed by atoms with Crippen molar-refractivity contribution in [3.63, 3.8) is 0 Å². The van der Waals surface area contributed by atoms with Crippen molar-refractivity contribution in [1.82, 2.24) is 4.98 Å². The number of hydrogen-bond donors (Lipinski definition) is 1. The highest BCUT2D eigenvalue weighted by atomic mass is 19.4. The van der Waals surface area contributed by atoms with Gasteiger partial charge in [-0.05, 0) is 32.9 Å². The van der Waals surface area contributed by atoms with Gasteiger partial charge < -0.3 is 10.5 Å². The number of alkyl halides is 3. The summed E-state index contributed by atoms with van der Waals surface area (Å²) in [5.74, 6) is 0. The summed E-state index contributed by atoms with van der Waals surface area (Å²) in [6.07, 6.45) is -4.47. The molecule has 1 aromatic rings. The Bertz CT molecular complexity index is 481. The molecule has 1 rings (SSSR count). The third-order valence-electron chi connectivity index (χ3n) is 2.28. The first-order chi connectivity index (χ1) is 9.52. The van der Waals surface area contributed by atoms with Gasteiger partial charge in [0.25, 0.3) is 0 Å². The zero-order chi connectivity index (χ0) is 16.3. The summed E-state index contributed by atoms with van der Waals surface area (Å²) in [7, 11) is 0. The van der Waals surface area contributed by atoms with Crippen molar-refractivity contribution in [2.45, 2.75) is 39.1 Å². The second-order valence-electron chi connectivity index (χ2n) is 5.39. The number of carbonyl (C=O) groups excluding carboxylic acids is 1.